The lowest BCUT2D eigenvalue weighted by molar-refractivity contribution is 1.39. The van der Waals surface area contributed by atoms with Crippen molar-refractivity contribution < 1.29 is 0 Å². The minimum absolute atomic E-state index is 0.349. The summed E-state index contributed by atoms with van der Waals surface area (Å²) in [5, 5.41) is 2.33. The van der Waals surface area contributed by atoms with Crippen LogP contribution in [0, 0.1) is 0 Å². The molecule has 0 bridgehead atoms. The van der Waals surface area contributed by atoms with Crippen LogP contribution in [-0.4, -0.2) is 0 Å². The summed E-state index contributed by atoms with van der Waals surface area (Å²) in [5.41, 5.74) is 7.23. The van der Waals surface area contributed by atoms with E-state index in [-0.39, 0.29) is 10.7 Å². The van der Waals surface area contributed by atoms with E-state index >= 15 is 0 Å². The Morgan fingerprint density at radius 2 is 1.11 bits per heavy atom. The first-order valence-electron chi connectivity index (χ1n) is 9.36. The summed E-state index contributed by atoms with van der Waals surface area (Å²) < 4.78 is 5.13. The molecule has 4 aromatic rings. The van der Waals surface area contributed by atoms with E-state index < -0.39 is 0 Å². The van der Waals surface area contributed by atoms with Crippen LogP contribution in [0.1, 0.15) is 11.1 Å². The van der Waals surface area contributed by atoms with Crippen molar-refractivity contribution in [3.63, 3.8) is 0 Å². The third-order valence-electron chi connectivity index (χ3n) is 4.90. The second-order valence-corrected chi connectivity index (χ2v) is 8.17. The summed E-state index contributed by atoms with van der Waals surface area (Å²) in [6.45, 7) is 0. The van der Waals surface area contributed by atoms with Crippen LogP contribution in [0.4, 0.5) is 5.69 Å². The van der Waals surface area contributed by atoms with Gasteiger partial charge in [-0.1, -0.05) is 97.1 Å². The summed E-state index contributed by atoms with van der Waals surface area (Å²) in [5.74, 6) is 0. The Bertz CT molecular complexity index is 1150. The third kappa shape index (κ3) is 3.12. The minimum Gasteiger partial charge on any atom is -0.218 e. The zero-order chi connectivity index (χ0) is 18.8. The Hall–Kier alpha value is -3.23. The van der Waals surface area contributed by atoms with Crippen LogP contribution in [0.5, 0.6) is 0 Å². The van der Waals surface area contributed by atoms with Gasteiger partial charge in [0.1, 0.15) is 0 Å². The molecule has 134 valence electrons. The predicted octanol–water partition coefficient (Wildman–Crippen LogP) is 7.25. The number of fused-ring (bicyclic) bond motifs is 3. The van der Waals surface area contributed by atoms with Crippen molar-refractivity contribution in [1.29, 1.82) is 0 Å². The van der Waals surface area contributed by atoms with Crippen LogP contribution in [0.25, 0.3) is 16.7 Å². The van der Waals surface area contributed by atoms with Crippen LogP contribution >= 0.6 is 0 Å². The maximum Gasteiger partial charge on any atom is 0.0789 e. The van der Waals surface area contributed by atoms with Crippen molar-refractivity contribution in [3.8, 4) is 11.1 Å². The van der Waals surface area contributed by atoms with E-state index in [0.29, 0.717) is 0 Å². The molecule has 0 spiro atoms. The molecular formula is C26H19NS. The Kier molecular flexibility index (Phi) is 4.48. The number of hydrogen-bond donors (Lipinski definition) is 0. The topological polar surface area (TPSA) is 12.4 Å². The molecule has 0 amide bonds. The standard InChI is InChI=1S/C26H19NS/c1-3-11-20(12-4-1)24(21-13-5-2-6-14-21)19-28-26-18-10-8-16-23(26)22-15-7-9-17-25(22)27-28/h1-19H. The summed E-state index contributed by atoms with van der Waals surface area (Å²) in [6, 6.07) is 38.3. The Morgan fingerprint density at radius 1 is 0.571 bits per heavy atom. The molecule has 0 saturated heterocycles. The molecule has 1 heterocycles. The Balaban J connectivity index is 1.75. The summed E-state index contributed by atoms with van der Waals surface area (Å²) >= 11 is 0. The average Bonchev–Trinajstić information content (AvgIpc) is 2.78. The van der Waals surface area contributed by atoms with E-state index in [1.54, 1.807) is 0 Å². The fourth-order valence-corrected chi connectivity index (χ4v) is 5.31. The maximum atomic E-state index is 5.13. The smallest absolute Gasteiger partial charge is 0.0789 e. The molecule has 0 aromatic heterocycles. The van der Waals surface area contributed by atoms with Gasteiger partial charge in [-0.15, -0.1) is 0 Å². The highest BCUT2D eigenvalue weighted by molar-refractivity contribution is 7.90. The summed E-state index contributed by atoms with van der Waals surface area (Å²) in [4.78, 5) is 1.28. The van der Waals surface area contributed by atoms with E-state index in [1.165, 1.54) is 32.7 Å². The molecular weight excluding hydrogens is 358 g/mol. The average molecular weight is 378 g/mol. The van der Waals surface area contributed by atoms with Crippen LogP contribution < -0.4 is 0 Å². The fraction of sp³-hybridized carbons (Fsp3) is 0. The SMILES string of the molecule is C(=C(c1ccccc1)c1ccccc1)S1=Nc2ccccc2-c2ccccc21. The largest absolute Gasteiger partial charge is 0.218 e. The highest BCUT2D eigenvalue weighted by atomic mass is 32.2. The molecule has 0 fully saturated rings. The molecule has 5 rings (SSSR count). The van der Waals surface area contributed by atoms with Crippen LogP contribution in [0.15, 0.2) is 124 Å². The van der Waals surface area contributed by atoms with Crippen LogP contribution in [0.3, 0.4) is 0 Å². The summed E-state index contributed by atoms with van der Waals surface area (Å²) in [7, 11) is -0.349. The summed E-state index contributed by atoms with van der Waals surface area (Å²) in [6.07, 6.45) is 0. The van der Waals surface area contributed by atoms with Gasteiger partial charge in [0, 0.05) is 10.5 Å². The molecule has 0 radical (unpaired) electrons. The van der Waals surface area contributed by atoms with Gasteiger partial charge in [-0.05, 0) is 50.5 Å². The molecule has 0 N–H and O–H groups in total. The quantitative estimate of drug-likeness (QED) is 0.356. The van der Waals surface area contributed by atoms with E-state index in [1.807, 2.05) is 0 Å². The molecule has 4 aromatic carbocycles. The van der Waals surface area contributed by atoms with Crippen molar-refractivity contribution >= 4 is 22.0 Å². The molecule has 2 heteroatoms. The van der Waals surface area contributed by atoms with Crippen molar-refractivity contribution in [2.24, 2.45) is 4.36 Å². The van der Waals surface area contributed by atoms with Crippen molar-refractivity contribution in [2.75, 3.05) is 0 Å². The monoisotopic (exact) mass is 377 g/mol. The highest BCUT2D eigenvalue weighted by Gasteiger charge is 2.17. The van der Waals surface area contributed by atoms with Crippen molar-refractivity contribution in [1.82, 2.24) is 0 Å². The second-order valence-electron chi connectivity index (χ2n) is 6.68. The first-order valence-corrected chi connectivity index (χ1v) is 10.6. The fourth-order valence-electron chi connectivity index (χ4n) is 3.55. The van der Waals surface area contributed by atoms with Gasteiger partial charge in [0.25, 0.3) is 0 Å². The molecule has 28 heavy (non-hydrogen) atoms. The van der Waals surface area contributed by atoms with E-state index in [4.69, 9.17) is 4.36 Å². The zero-order valence-corrected chi connectivity index (χ0v) is 16.1. The normalized spacial score (nSPS) is 14.4. The van der Waals surface area contributed by atoms with Gasteiger partial charge in [0.2, 0.25) is 0 Å². The molecule has 1 atom stereocenters. The second kappa shape index (κ2) is 7.41. The van der Waals surface area contributed by atoms with Crippen molar-refractivity contribution in [2.45, 2.75) is 4.90 Å². The van der Waals surface area contributed by atoms with Gasteiger partial charge in [-0.25, -0.2) is 4.36 Å². The van der Waals surface area contributed by atoms with Gasteiger partial charge in [0.05, 0.1) is 5.69 Å². The molecule has 0 aliphatic carbocycles. The number of rotatable bonds is 3. The van der Waals surface area contributed by atoms with Gasteiger partial charge in [0.15, 0.2) is 0 Å². The van der Waals surface area contributed by atoms with E-state index in [2.05, 4.69) is 115 Å². The van der Waals surface area contributed by atoms with Gasteiger partial charge in [-0.3, -0.25) is 0 Å². The molecule has 1 nitrogen and oxygen atoms in total. The Morgan fingerprint density at radius 3 is 1.79 bits per heavy atom. The predicted molar refractivity (Wildman–Crippen MR) is 120 cm³/mol. The maximum absolute atomic E-state index is 5.13. The lowest BCUT2D eigenvalue weighted by Gasteiger charge is -2.19. The number of hydrogen-bond acceptors (Lipinski definition) is 1. The van der Waals surface area contributed by atoms with E-state index in [0.717, 1.165) is 5.69 Å². The van der Waals surface area contributed by atoms with Crippen LogP contribution in [0.2, 0.25) is 0 Å². The third-order valence-corrected chi connectivity index (χ3v) is 6.56. The van der Waals surface area contributed by atoms with Crippen molar-refractivity contribution in [3.05, 3.63) is 126 Å². The molecule has 0 saturated carbocycles. The molecule has 1 aliphatic heterocycles. The van der Waals surface area contributed by atoms with Gasteiger partial charge in [-0.2, -0.15) is 0 Å². The highest BCUT2D eigenvalue weighted by Crippen LogP contribution is 2.41. The lowest BCUT2D eigenvalue weighted by atomic mass is 10.00. The first-order chi connectivity index (χ1) is 13.9. The zero-order valence-electron chi connectivity index (χ0n) is 15.3. The minimum atomic E-state index is -0.349. The van der Waals surface area contributed by atoms with Gasteiger partial charge >= 0.3 is 0 Å². The van der Waals surface area contributed by atoms with Gasteiger partial charge < -0.3 is 0 Å². The molecule has 1 unspecified atom stereocenters. The number of nitrogens with zero attached hydrogens (tertiary/aromatic N) is 1. The first kappa shape index (κ1) is 16.9. The van der Waals surface area contributed by atoms with Crippen LogP contribution in [-0.2, 0) is 10.7 Å². The lowest BCUT2D eigenvalue weighted by Crippen LogP contribution is -1.99. The number of benzene rings is 4. The molecule has 1 aliphatic rings. The Labute approximate surface area is 168 Å². The van der Waals surface area contributed by atoms with E-state index in [9.17, 15) is 0 Å².